The molecule has 2 aromatic carbocycles. The third-order valence-corrected chi connectivity index (χ3v) is 5.50. The summed E-state index contributed by atoms with van der Waals surface area (Å²) < 4.78 is 10.3. The topological polar surface area (TPSA) is 93.7 Å². The van der Waals surface area contributed by atoms with E-state index in [0.717, 1.165) is 5.56 Å². The van der Waals surface area contributed by atoms with Crippen molar-refractivity contribution in [1.29, 1.82) is 0 Å². The lowest BCUT2D eigenvalue weighted by Gasteiger charge is -2.19. The number of amides is 2. The fourth-order valence-electron chi connectivity index (χ4n) is 3.04. The van der Waals surface area contributed by atoms with Crippen molar-refractivity contribution in [2.24, 2.45) is 0 Å². The summed E-state index contributed by atoms with van der Waals surface area (Å²) in [6.07, 6.45) is -0.0122. The first kappa shape index (κ1) is 23.0. The first-order valence-electron chi connectivity index (χ1n) is 10.1. The van der Waals surface area contributed by atoms with Gasteiger partial charge >= 0.3 is 5.97 Å². The average Bonchev–Trinajstić information content (AvgIpc) is 3.34. The number of benzene rings is 2. The van der Waals surface area contributed by atoms with Crippen LogP contribution in [0, 0.1) is 0 Å². The largest absolute Gasteiger partial charge is 0.497 e. The zero-order valence-corrected chi connectivity index (χ0v) is 18.6. The Morgan fingerprint density at radius 2 is 1.78 bits per heavy atom. The van der Waals surface area contributed by atoms with E-state index in [9.17, 15) is 14.4 Å². The van der Waals surface area contributed by atoms with Crippen LogP contribution in [0.4, 0.5) is 5.69 Å². The number of carbonyl (C=O) groups excluding carboxylic acids is 3. The fourth-order valence-corrected chi connectivity index (χ4v) is 3.66. The fraction of sp³-hybridized carbons (Fsp3) is 0.208. The lowest BCUT2D eigenvalue weighted by Crippen LogP contribution is -2.30. The van der Waals surface area contributed by atoms with Gasteiger partial charge in [0.1, 0.15) is 5.75 Å². The van der Waals surface area contributed by atoms with Crippen molar-refractivity contribution < 1.29 is 23.9 Å². The molecule has 0 saturated heterocycles. The maximum absolute atomic E-state index is 12.9. The van der Waals surface area contributed by atoms with Crippen molar-refractivity contribution >= 4 is 34.8 Å². The van der Waals surface area contributed by atoms with E-state index in [-0.39, 0.29) is 24.8 Å². The molecule has 0 radical (unpaired) electrons. The summed E-state index contributed by atoms with van der Waals surface area (Å²) in [5.74, 6) is -0.341. The maximum Gasteiger partial charge on any atom is 0.308 e. The number of ether oxygens (including phenoxy) is 2. The van der Waals surface area contributed by atoms with Crippen molar-refractivity contribution in [3.05, 3.63) is 82.0 Å². The van der Waals surface area contributed by atoms with Gasteiger partial charge in [-0.25, -0.2) is 0 Å². The summed E-state index contributed by atoms with van der Waals surface area (Å²) in [6, 6.07) is 16.7. The van der Waals surface area contributed by atoms with Gasteiger partial charge in [-0.2, -0.15) is 0 Å². The summed E-state index contributed by atoms with van der Waals surface area (Å²) in [6.45, 7) is 1.99. The van der Waals surface area contributed by atoms with E-state index in [2.05, 4.69) is 10.6 Å². The molecule has 0 spiro atoms. The highest BCUT2D eigenvalue weighted by molar-refractivity contribution is 7.12. The molecule has 7 nitrogen and oxygen atoms in total. The number of esters is 1. The van der Waals surface area contributed by atoms with E-state index >= 15 is 0 Å². The molecule has 1 unspecified atom stereocenters. The Morgan fingerprint density at radius 1 is 1.00 bits per heavy atom. The molecule has 0 saturated carbocycles. The standard InChI is InChI=1S/C24H24N2O5S/c1-3-31-22(27)15-20(17-6-4-7-19(14-17)30-2)26-23(28)16-9-11-18(12-10-16)25-24(29)21-8-5-13-32-21/h4-14,20H,3,15H2,1-2H3,(H,25,29)(H,26,28). The minimum Gasteiger partial charge on any atom is -0.497 e. The molecular formula is C24H24N2O5S. The summed E-state index contributed by atoms with van der Waals surface area (Å²) in [7, 11) is 1.55. The van der Waals surface area contributed by atoms with Crippen LogP contribution in [0.15, 0.2) is 66.0 Å². The Kier molecular flexibility index (Phi) is 7.99. The van der Waals surface area contributed by atoms with E-state index < -0.39 is 12.0 Å². The first-order valence-corrected chi connectivity index (χ1v) is 10.9. The molecule has 3 aromatic rings. The zero-order chi connectivity index (χ0) is 22.9. The normalized spacial score (nSPS) is 11.3. The predicted molar refractivity (Wildman–Crippen MR) is 123 cm³/mol. The number of carbonyl (C=O) groups is 3. The van der Waals surface area contributed by atoms with Crippen LogP contribution >= 0.6 is 11.3 Å². The molecule has 0 aliphatic rings. The van der Waals surface area contributed by atoms with E-state index in [4.69, 9.17) is 9.47 Å². The van der Waals surface area contributed by atoms with Gasteiger partial charge in [0, 0.05) is 11.3 Å². The van der Waals surface area contributed by atoms with Crippen molar-refractivity contribution in [2.45, 2.75) is 19.4 Å². The molecule has 0 bridgehead atoms. The average molecular weight is 453 g/mol. The number of hydrogen-bond acceptors (Lipinski definition) is 6. The molecular weight excluding hydrogens is 428 g/mol. The lowest BCUT2D eigenvalue weighted by atomic mass is 10.0. The maximum atomic E-state index is 12.9. The number of rotatable bonds is 9. The van der Waals surface area contributed by atoms with Crippen LogP contribution in [0.3, 0.4) is 0 Å². The highest BCUT2D eigenvalue weighted by atomic mass is 32.1. The van der Waals surface area contributed by atoms with Gasteiger partial charge in [0.05, 0.1) is 31.1 Å². The van der Waals surface area contributed by atoms with Crippen molar-refractivity contribution in [3.63, 3.8) is 0 Å². The number of methoxy groups -OCH3 is 1. The quantitative estimate of drug-likeness (QED) is 0.469. The van der Waals surface area contributed by atoms with E-state index in [1.165, 1.54) is 11.3 Å². The third kappa shape index (κ3) is 6.18. The van der Waals surface area contributed by atoms with Gasteiger partial charge in [-0.15, -0.1) is 11.3 Å². The molecule has 32 heavy (non-hydrogen) atoms. The van der Waals surface area contributed by atoms with E-state index in [1.54, 1.807) is 62.6 Å². The predicted octanol–water partition coefficient (Wildman–Crippen LogP) is 4.43. The second kappa shape index (κ2) is 11.1. The van der Waals surface area contributed by atoms with Crippen LogP contribution in [-0.4, -0.2) is 31.5 Å². The SMILES string of the molecule is CCOC(=O)CC(NC(=O)c1ccc(NC(=O)c2cccs2)cc1)c1cccc(OC)c1. The Morgan fingerprint density at radius 3 is 2.44 bits per heavy atom. The molecule has 0 aliphatic carbocycles. The van der Waals surface area contributed by atoms with E-state index in [1.807, 2.05) is 17.5 Å². The first-order chi connectivity index (χ1) is 15.5. The van der Waals surface area contributed by atoms with Crippen LogP contribution < -0.4 is 15.4 Å². The molecule has 0 aliphatic heterocycles. The monoisotopic (exact) mass is 452 g/mol. The number of nitrogens with one attached hydrogen (secondary N) is 2. The highest BCUT2D eigenvalue weighted by Crippen LogP contribution is 2.23. The second-order valence-corrected chi connectivity index (χ2v) is 7.77. The van der Waals surface area contributed by atoms with Gasteiger partial charge < -0.3 is 20.1 Å². The van der Waals surface area contributed by atoms with Crippen molar-refractivity contribution in [1.82, 2.24) is 5.32 Å². The van der Waals surface area contributed by atoms with E-state index in [0.29, 0.717) is 21.9 Å². The van der Waals surface area contributed by atoms with Crippen LogP contribution in [-0.2, 0) is 9.53 Å². The van der Waals surface area contributed by atoms with Gasteiger partial charge in [0.25, 0.3) is 11.8 Å². The Labute approximate surface area is 190 Å². The van der Waals surface area contributed by atoms with Crippen LogP contribution in [0.1, 0.15) is 45.0 Å². The minimum atomic E-state index is -0.588. The molecule has 8 heteroatoms. The molecule has 3 rings (SSSR count). The summed E-state index contributed by atoms with van der Waals surface area (Å²) in [4.78, 5) is 37.7. The third-order valence-electron chi connectivity index (χ3n) is 4.63. The summed E-state index contributed by atoms with van der Waals surface area (Å²) in [5, 5.41) is 7.52. The van der Waals surface area contributed by atoms with Gasteiger partial charge in [-0.1, -0.05) is 18.2 Å². The number of hydrogen-bond donors (Lipinski definition) is 2. The highest BCUT2D eigenvalue weighted by Gasteiger charge is 2.21. The van der Waals surface area contributed by atoms with Crippen molar-refractivity contribution in [2.75, 3.05) is 19.0 Å². The molecule has 1 aromatic heterocycles. The van der Waals surface area contributed by atoms with Gasteiger partial charge in [0.15, 0.2) is 0 Å². The number of thiophene rings is 1. The smallest absolute Gasteiger partial charge is 0.308 e. The van der Waals surface area contributed by atoms with Gasteiger partial charge in [-0.3, -0.25) is 14.4 Å². The van der Waals surface area contributed by atoms with Crippen molar-refractivity contribution in [3.8, 4) is 5.75 Å². The summed E-state index contributed by atoms with van der Waals surface area (Å²) >= 11 is 1.35. The minimum absolute atomic E-state index is 0.0122. The zero-order valence-electron chi connectivity index (χ0n) is 17.8. The molecule has 0 fully saturated rings. The van der Waals surface area contributed by atoms with Crippen LogP contribution in [0.5, 0.6) is 5.75 Å². The van der Waals surface area contributed by atoms with Crippen LogP contribution in [0.2, 0.25) is 0 Å². The lowest BCUT2D eigenvalue weighted by molar-refractivity contribution is -0.143. The molecule has 2 amide bonds. The molecule has 1 heterocycles. The Hall–Kier alpha value is -3.65. The summed E-state index contributed by atoms with van der Waals surface area (Å²) in [5.41, 5.74) is 1.71. The molecule has 2 N–H and O–H groups in total. The van der Waals surface area contributed by atoms with Gasteiger partial charge in [0.2, 0.25) is 0 Å². The van der Waals surface area contributed by atoms with Gasteiger partial charge in [-0.05, 0) is 60.3 Å². The molecule has 1 atom stereocenters. The number of anilines is 1. The Balaban J connectivity index is 1.71. The second-order valence-electron chi connectivity index (χ2n) is 6.82. The molecule has 166 valence electrons. The van der Waals surface area contributed by atoms with Crippen LogP contribution in [0.25, 0.3) is 0 Å². The Bertz CT molecular complexity index is 1060.